The van der Waals surface area contributed by atoms with Crippen LogP contribution in [0.1, 0.15) is 43.8 Å². The van der Waals surface area contributed by atoms with Gasteiger partial charge in [0.05, 0.1) is 29.5 Å². The largest absolute Gasteiger partial charge is 0.350 e. The van der Waals surface area contributed by atoms with Crippen LogP contribution in [0.2, 0.25) is 0 Å². The molecule has 0 aromatic carbocycles. The maximum atomic E-state index is 11.7. The lowest BCUT2D eigenvalue weighted by atomic mass is 9.89. The SMILES string of the molecule is O=c1cc(-c2ccc(Nc3cnc(C4CCCCC4)nc3)c3nccn23)cc[nH]1. The first-order valence-electron chi connectivity index (χ1n) is 10.0. The normalized spacial score (nSPS) is 14.9. The van der Waals surface area contributed by atoms with Crippen LogP contribution in [0, 0.1) is 0 Å². The van der Waals surface area contributed by atoms with E-state index in [9.17, 15) is 4.79 Å². The Kier molecular flexibility index (Phi) is 4.56. The van der Waals surface area contributed by atoms with Gasteiger partial charge in [0.25, 0.3) is 0 Å². The Morgan fingerprint density at radius 2 is 1.86 bits per heavy atom. The zero-order valence-electron chi connectivity index (χ0n) is 16.0. The average molecular weight is 386 g/mol. The summed E-state index contributed by atoms with van der Waals surface area (Å²) in [5.41, 5.74) is 4.07. The molecule has 0 spiro atoms. The molecule has 7 nitrogen and oxygen atoms in total. The number of imidazole rings is 1. The summed E-state index contributed by atoms with van der Waals surface area (Å²) in [6, 6.07) is 7.40. The van der Waals surface area contributed by atoms with E-state index < -0.39 is 0 Å². The minimum atomic E-state index is -0.131. The van der Waals surface area contributed by atoms with Gasteiger partial charge >= 0.3 is 0 Å². The first-order valence-corrected chi connectivity index (χ1v) is 10.0. The number of aromatic amines is 1. The lowest BCUT2D eigenvalue weighted by molar-refractivity contribution is 0.428. The standard InChI is InChI=1S/C22H22N6O/c29-20-12-16(8-9-23-20)19-7-6-18(22-24-10-11-28(19)22)27-17-13-25-21(26-14-17)15-4-2-1-3-5-15/h6-15,27H,1-5H2,(H,23,29). The van der Waals surface area contributed by atoms with E-state index in [0.29, 0.717) is 5.92 Å². The van der Waals surface area contributed by atoms with Crippen molar-refractivity contribution in [3.05, 3.63) is 71.4 Å². The quantitative estimate of drug-likeness (QED) is 0.547. The smallest absolute Gasteiger partial charge is 0.248 e. The second kappa shape index (κ2) is 7.50. The van der Waals surface area contributed by atoms with Crippen molar-refractivity contribution in [1.82, 2.24) is 24.3 Å². The first-order chi connectivity index (χ1) is 14.3. The predicted molar refractivity (Wildman–Crippen MR) is 112 cm³/mol. The molecule has 0 radical (unpaired) electrons. The van der Waals surface area contributed by atoms with Crippen LogP contribution in [0.4, 0.5) is 11.4 Å². The molecule has 2 N–H and O–H groups in total. The molecule has 0 amide bonds. The number of fused-ring (bicyclic) bond motifs is 1. The van der Waals surface area contributed by atoms with Crippen molar-refractivity contribution in [2.24, 2.45) is 0 Å². The van der Waals surface area contributed by atoms with Crippen molar-refractivity contribution in [3.8, 4) is 11.3 Å². The molecule has 4 aromatic heterocycles. The number of hydrogen-bond donors (Lipinski definition) is 2. The maximum Gasteiger partial charge on any atom is 0.248 e. The second-order valence-electron chi connectivity index (χ2n) is 7.48. The molecule has 1 fully saturated rings. The highest BCUT2D eigenvalue weighted by Crippen LogP contribution is 2.31. The van der Waals surface area contributed by atoms with Gasteiger partial charge in [0.1, 0.15) is 5.82 Å². The lowest BCUT2D eigenvalue weighted by Gasteiger charge is -2.20. The molecule has 5 rings (SSSR count). The van der Waals surface area contributed by atoms with E-state index in [1.807, 2.05) is 41.2 Å². The van der Waals surface area contributed by atoms with Gasteiger partial charge in [-0.3, -0.25) is 9.20 Å². The van der Waals surface area contributed by atoms with Gasteiger partial charge in [-0.05, 0) is 31.0 Å². The molecular formula is C22H22N6O. The molecule has 0 unspecified atom stereocenters. The lowest BCUT2D eigenvalue weighted by Crippen LogP contribution is -2.09. The van der Waals surface area contributed by atoms with Crippen LogP contribution in [0.15, 0.2) is 60.0 Å². The maximum absolute atomic E-state index is 11.7. The van der Waals surface area contributed by atoms with E-state index in [4.69, 9.17) is 0 Å². The third-order valence-corrected chi connectivity index (χ3v) is 5.54. The molecule has 29 heavy (non-hydrogen) atoms. The first kappa shape index (κ1) is 17.6. The number of anilines is 2. The Labute approximate surface area is 167 Å². The summed E-state index contributed by atoms with van der Waals surface area (Å²) in [5, 5.41) is 3.38. The summed E-state index contributed by atoms with van der Waals surface area (Å²) in [6.07, 6.45) is 15.2. The van der Waals surface area contributed by atoms with Crippen LogP contribution in [-0.2, 0) is 0 Å². The number of hydrogen-bond acceptors (Lipinski definition) is 5. The molecule has 4 heterocycles. The van der Waals surface area contributed by atoms with Gasteiger partial charge in [-0.25, -0.2) is 15.0 Å². The number of rotatable bonds is 4. The molecule has 7 heteroatoms. The molecule has 0 atom stereocenters. The van der Waals surface area contributed by atoms with Gasteiger partial charge in [-0.1, -0.05) is 19.3 Å². The second-order valence-corrected chi connectivity index (χ2v) is 7.48. The van der Waals surface area contributed by atoms with E-state index in [0.717, 1.165) is 34.1 Å². The molecule has 1 aliphatic carbocycles. The van der Waals surface area contributed by atoms with E-state index in [2.05, 4.69) is 25.3 Å². The minimum Gasteiger partial charge on any atom is -0.350 e. The topological polar surface area (TPSA) is 88.0 Å². The summed E-state index contributed by atoms with van der Waals surface area (Å²) in [4.78, 5) is 28.0. The average Bonchev–Trinajstić information content (AvgIpc) is 3.26. The van der Waals surface area contributed by atoms with Crippen LogP contribution in [0.3, 0.4) is 0 Å². The highest BCUT2D eigenvalue weighted by atomic mass is 16.1. The number of nitrogens with one attached hydrogen (secondary N) is 2. The van der Waals surface area contributed by atoms with E-state index in [1.165, 1.54) is 32.1 Å². The number of pyridine rings is 2. The van der Waals surface area contributed by atoms with Crippen molar-refractivity contribution >= 4 is 17.0 Å². The van der Waals surface area contributed by atoms with Crippen LogP contribution in [0.25, 0.3) is 16.9 Å². The zero-order chi connectivity index (χ0) is 19.6. The Bertz CT molecular complexity index is 1190. The fourth-order valence-corrected chi connectivity index (χ4v) is 4.08. The number of nitrogens with zero attached hydrogens (tertiary/aromatic N) is 4. The third kappa shape index (κ3) is 3.51. The van der Waals surface area contributed by atoms with Crippen LogP contribution >= 0.6 is 0 Å². The van der Waals surface area contributed by atoms with Gasteiger partial charge in [-0.2, -0.15) is 0 Å². The Balaban J connectivity index is 1.43. The predicted octanol–water partition coefficient (Wildman–Crippen LogP) is 4.27. The highest BCUT2D eigenvalue weighted by molar-refractivity contribution is 5.77. The molecule has 1 saturated carbocycles. The Hall–Kier alpha value is -3.48. The summed E-state index contributed by atoms with van der Waals surface area (Å²) >= 11 is 0. The van der Waals surface area contributed by atoms with Crippen LogP contribution in [-0.4, -0.2) is 24.3 Å². The Morgan fingerprint density at radius 1 is 1.03 bits per heavy atom. The van der Waals surface area contributed by atoms with Crippen molar-refractivity contribution in [2.45, 2.75) is 38.0 Å². The summed E-state index contributed by atoms with van der Waals surface area (Å²) in [6.45, 7) is 0. The van der Waals surface area contributed by atoms with Crippen molar-refractivity contribution in [2.75, 3.05) is 5.32 Å². The number of aromatic nitrogens is 5. The molecule has 4 aromatic rings. The molecule has 0 aliphatic heterocycles. The molecule has 0 bridgehead atoms. The zero-order valence-corrected chi connectivity index (χ0v) is 16.0. The van der Waals surface area contributed by atoms with Crippen molar-refractivity contribution in [1.29, 1.82) is 0 Å². The van der Waals surface area contributed by atoms with Crippen LogP contribution < -0.4 is 10.9 Å². The van der Waals surface area contributed by atoms with E-state index in [-0.39, 0.29) is 5.56 Å². The van der Waals surface area contributed by atoms with Crippen molar-refractivity contribution < 1.29 is 0 Å². The van der Waals surface area contributed by atoms with Gasteiger partial charge in [0.2, 0.25) is 5.56 Å². The van der Waals surface area contributed by atoms with Gasteiger partial charge in [0, 0.05) is 36.1 Å². The summed E-state index contributed by atoms with van der Waals surface area (Å²) in [5.74, 6) is 1.44. The highest BCUT2D eigenvalue weighted by Gasteiger charge is 2.18. The van der Waals surface area contributed by atoms with Gasteiger partial charge in [-0.15, -0.1) is 0 Å². The number of H-pyrrole nitrogens is 1. The summed E-state index contributed by atoms with van der Waals surface area (Å²) in [7, 11) is 0. The molecular weight excluding hydrogens is 364 g/mol. The fraction of sp³-hybridized carbons (Fsp3) is 0.273. The van der Waals surface area contributed by atoms with E-state index >= 15 is 0 Å². The van der Waals surface area contributed by atoms with Gasteiger partial charge in [0.15, 0.2) is 5.65 Å². The third-order valence-electron chi connectivity index (χ3n) is 5.54. The minimum absolute atomic E-state index is 0.131. The molecule has 0 saturated heterocycles. The van der Waals surface area contributed by atoms with Gasteiger partial charge < -0.3 is 10.3 Å². The summed E-state index contributed by atoms with van der Waals surface area (Å²) < 4.78 is 1.97. The van der Waals surface area contributed by atoms with E-state index in [1.54, 1.807) is 18.5 Å². The molecule has 146 valence electrons. The monoisotopic (exact) mass is 386 g/mol. The Morgan fingerprint density at radius 3 is 2.66 bits per heavy atom. The van der Waals surface area contributed by atoms with Crippen LogP contribution in [0.5, 0.6) is 0 Å². The molecule has 1 aliphatic rings. The van der Waals surface area contributed by atoms with Crippen molar-refractivity contribution in [3.63, 3.8) is 0 Å². The fourth-order valence-electron chi connectivity index (χ4n) is 4.08.